The average Bonchev–Trinajstić information content (AvgIpc) is 3.02. The van der Waals surface area contributed by atoms with Crippen LogP contribution in [0, 0.1) is 0 Å². The highest BCUT2D eigenvalue weighted by atomic mass is 32.2. The molecule has 0 saturated carbocycles. The Morgan fingerprint density at radius 1 is 1.33 bits per heavy atom. The molecule has 1 atom stereocenters. The Labute approximate surface area is 133 Å². The van der Waals surface area contributed by atoms with E-state index >= 15 is 0 Å². The third-order valence-corrected chi connectivity index (χ3v) is 4.94. The van der Waals surface area contributed by atoms with E-state index in [1.807, 2.05) is 41.8 Å². The quantitative estimate of drug-likeness (QED) is 0.764. The summed E-state index contributed by atoms with van der Waals surface area (Å²) in [6.07, 6.45) is 0.0144. The minimum absolute atomic E-state index is 0.0788. The molecule has 1 amide bonds. The van der Waals surface area contributed by atoms with Gasteiger partial charge in [-0.15, -0.1) is 23.1 Å². The Balaban J connectivity index is 1.87. The molecule has 2 N–H and O–H groups in total. The topological polar surface area (TPSA) is 49.3 Å². The summed E-state index contributed by atoms with van der Waals surface area (Å²) in [5.74, 6) is 0.853. The zero-order chi connectivity index (χ0) is 15.1. The van der Waals surface area contributed by atoms with Crippen molar-refractivity contribution in [2.24, 2.45) is 0 Å². The van der Waals surface area contributed by atoms with Crippen LogP contribution in [0.25, 0.3) is 0 Å². The van der Waals surface area contributed by atoms with E-state index in [1.54, 1.807) is 11.8 Å². The number of aliphatic hydroxyl groups excluding tert-OH is 1. The molecule has 0 aliphatic carbocycles. The summed E-state index contributed by atoms with van der Waals surface area (Å²) in [5, 5.41) is 14.8. The standard InChI is InChI=1S/C16H19NO2S2/c1-2-20-14-7-4-3-6-12(14)16(19)17-10-9-13(18)15-8-5-11-21-15/h3-8,11,13,18H,2,9-10H2,1H3,(H,17,19)/t13-/m0/s1. The van der Waals surface area contributed by atoms with Crippen molar-refractivity contribution in [3.8, 4) is 0 Å². The lowest BCUT2D eigenvalue weighted by Gasteiger charge is -2.11. The summed E-state index contributed by atoms with van der Waals surface area (Å²) in [6.45, 7) is 2.53. The molecule has 0 aliphatic rings. The normalized spacial score (nSPS) is 12.1. The number of hydrogen-bond acceptors (Lipinski definition) is 4. The number of benzene rings is 1. The smallest absolute Gasteiger partial charge is 0.252 e. The first-order chi connectivity index (χ1) is 10.2. The van der Waals surface area contributed by atoms with Crippen LogP contribution in [-0.2, 0) is 0 Å². The van der Waals surface area contributed by atoms with E-state index in [0.29, 0.717) is 18.5 Å². The van der Waals surface area contributed by atoms with Gasteiger partial charge in [-0.1, -0.05) is 25.1 Å². The maximum absolute atomic E-state index is 12.2. The molecule has 0 radical (unpaired) electrons. The third-order valence-electron chi connectivity index (χ3n) is 3.01. The first kappa shape index (κ1) is 16.1. The summed E-state index contributed by atoms with van der Waals surface area (Å²) in [7, 11) is 0. The van der Waals surface area contributed by atoms with Crippen LogP contribution in [0.2, 0.25) is 0 Å². The van der Waals surface area contributed by atoms with E-state index in [4.69, 9.17) is 0 Å². The molecule has 0 aliphatic heterocycles. The number of aliphatic hydroxyl groups is 1. The Morgan fingerprint density at radius 3 is 2.86 bits per heavy atom. The summed E-state index contributed by atoms with van der Waals surface area (Å²) < 4.78 is 0. The van der Waals surface area contributed by atoms with Gasteiger partial charge in [0.25, 0.3) is 5.91 Å². The molecule has 0 saturated heterocycles. The highest BCUT2D eigenvalue weighted by Crippen LogP contribution is 2.23. The Morgan fingerprint density at radius 2 is 2.14 bits per heavy atom. The first-order valence-corrected chi connectivity index (χ1v) is 8.80. The second-order valence-corrected chi connectivity index (χ2v) is 6.79. The minimum atomic E-state index is -0.509. The van der Waals surface area contributed by atoms with Crippen molar-refractivity contribution in [1.82, 2.24) is 5.32 Å². The summed E-state index contributed by atoms with van der Waals surface area (Å²) >= 11 is 3.19. The van der Waals surface area contributed by atoms with Gasteiger partial charge in [-0.3, -0.25) is 4.79 Å². The highest BCUT2D eigenvalue weighted by molar-refractivity contribution is 7.99. The lowest BCUT2D eigenvalue weighted by Crippen LogP contribution is -2.26. The van der Waals surface area contributed by atoms with E-state index in [2.05, 4.69) is 12.2 Å². The number of nitrogens with one attached hydrogen (secondary N) is 1. The van der Waals surface area contributed by atoms with Crippen LogP contribution >= 0.6 is 23.1 Å². The Hall–Kier alpha value is -1.30. The second kappa shape index (κ2) is 8.22. The molecule has 5 heteroatoms. The SMILES string of the molecule is CCSc1ccccc1C(=O)NCC[C@H](O)c1cccs1. The fourth-order valence-electron chi connectivity index (χ4n) is 1.98. The lowest BCUT2D eigenvalue weighted by atomic mass is 10.2. The molecule has 0 unspecified atom stereocenters. The summed E-state index contributed by atoms with van der Waals surface area (Å²) in [6, 6.07) is 11.4. The van der Waals surface area contributed by atoms with Crippen LogP contribution < -0.4 is 5.32 Å². The van der Waals surface area contributed by atoms with Crippen molar-refractivity contribution in [2.45, 2.75) is 24.3 Å². The molecule has 21 heavy (non-hydrogen) atoms. The van der Waals surface area contributed by atoms with E-state index in [-0.39, 0.29) is 5.91 Å². The lowest BCUT2D eigenvalue weighted by molar-refractivity contribution is 0.0940. The van der Waals surface area contributed by atoms with Crippen LogP contribution in [0.1, 0.15) is 34.7 Å². The molecule has 0 spiro atoms. The van der Waals surface area contributed by atoms with E-state index in [9.17, 15) is 9.90 Å². The average molecular weight is 321 g/mol. The largest absolute Gasteiger partial charge is 0.388 e. The molecule has 3 nitrogen and oxygen atoms in total. The number of thiophene rings is 1. The molecule has 0 fully saturated rings. The third kappa shape index (κ3) is 4.59. The molecule has 0 bridgehead atoms. The number of thioether (sulfide) groups is 1. The van der Waals surface area contributed by atoms with Crippen LogP contribution in [0.15, 0.2) is 46.7 Å². The summed E-state index contributed by atoms with van der Waals surface area (Å²) in [4.78, 5) is 14.1. The minimum Gasteiger partial charge on any atom is -0.388 e. The molecule has 2 rings (SSSR count). The van der Waals surface area contributed by atoms with Gasteiger partial charge in [0.2, 0.25) is 0 Å². The maximum atomic E-state index is 12.2. The van der Waals surface area contributed by atoms with Gasteiger partial charge in [0.15, 0.2) is 0 Å². The predicted molar refractivity (Wildman–Crippen MR) is 89.1 cm³/mol. The maximum Gasteiger partial charge on any atom is 0.252 e. The van der Waals surface area contributed by atoms with Crippen molar-refractivity contribution in [3.05, 3.63) is 52.2 Å². The molecule has 1 aromatic heterocycles. The second-order valence-electron chi connectivity index (χ2n) is 4.50. The molecular weight excluding hydrogens is 302 g/mol. The zero-order valence-corrected chi connectivity index (χ0v) is 13.5. The Bertz CT molecular complexity index is 569. The van der Waals surface area contributed by atoms with E-state index in [1.165, 1.54) is 11.3 Å². The molecule has 2 aromatic rings. The van der Waals surface area contributed by atoms with Crippen molar-refractivity contribution < 1.29 is 9.90 Å². The highest BCUT2D eigenvalue weighted by Gasteiger charge is 2.12. The number of hydrogen-bond donors (Lipinski definition) is 2. The number of carbonyl (C=O) groups excluding carboxylic acids is 1. The number of carbonyl (C=O) groups is 1. The van der Waals surface area contributed by atoms with Crippen molar-refractivity contribution >= 4 is 29.0 Å². The van der Waals surface area contributed by atoms with E-state index < -0.39 is 6.10 Å². The zero-order valence-electron chi connectivity index (χ0n) is 11.9. The van der Waals surface area contributed by atoms with E-state index in [0.717, 1.165) is 15.5 Å². The molecule has 1 heterocycles. The number of rotatable bonds is 7. The fourth-order valence-corrected chi connectivity index (χ4v) is 3.52. The fraction of sp³-hybridized carbons (Fsp3) is 0.312. The van der Waals surface area contributed by atoms with Gasteiger partial charge in [0.05, 0.1) is 11.7 Å². The van der Waals surface area contributed by atoms with Gasteiger partial charge in [-0.05, 0) is 35.8 Å². The van der Waals surface area contributed by atoms with Crippen molar-refractivity contribution in [2.75, 3.05) is 12.3 Å². The Kier molecular flexibility index (Phi) is 6.29. The van der Waals surface area contributed by atoms with Crippen LogP contribution in [-0.4, -0.2) is 23.3 Å². The van der Waals surface area contributed by atoms with Gasteiger partial charge in [-0.25, -0.2) is 0 Å². The van der Waals surface area contributed by atoms with Crippen LogP contribution in [0.3, 0.4) is 0 Å². The number of amides is 1. The molecule has 112 valence electrons. The van der Waals surface area contributed by atoms with Crippen LogP contribution in [0.5, 0.6) is 0 Å². The summed E-state index contributed by atoms with van der Waals surface area (Å²) in [5.41, 5.74) is 0.704. The molecule has 1 aromatic carbocycles. The van der Waals surface area contributed by atoms with Crippen molar-refractivity contribution in [3.63, 3.8) is 0 Å². The van der Waals surface area contributed by atoms with Gasteiger partial charge < -0.3 is 10.4 Å². The predicted octanol–water partition coefficient (Wildman–Crippen LogP) is 3.71. The monoisotopic (exact) mass is 321 g/mol. The van der Waals surface area contributed by atoms with Crippen LogP contribution in [0.4, 0.5) is 0 Å². The van der Waals surface area contributed by atoms with Gasteiger partial charge >= 0.3 is 0 Å². The molecular formula is C16H19NO2S2. The van der Waals surface area contributed by atoms with Gasteiger partial charge in [-0.2, -0.15) is 0 Å². The first-order valence-electron chi connectivity index (χ1n) is 6.94. The van der Waals surface area contributed by atoms with Gasteiger partial charge in [0, 0.05) is 16.3 Å². The van der Waals surface area contributed by atoms with Crippen molar-refractivity contribution in [1.29, 1.82) is 0 Å². The van der Waals surface area contributed by atoms with Gasteiger partial charge in [0.1, 0.15) is 0 Å².